The van der Waals surface area contributed by atoms with Gasteiger partial charge in [-0.1, -0.05) is 6.92 Å². The number of hydrogen-bond donors (Lipinski definition) is 1. The van der Waals surface area contributed by atoms with Crippen molar-refractivity contribution in [1.29, 1.82) is 0 Å². The van der Waals surface area contributed by atoms with Gasteiger partial charge in [0.25, 0.3) is 5.69 Å². The number of aryl methyl sites for hydroxylation is 2. The summed E-state index contributed by atoms with van der Waals surface area (Å²) in [4.78, 5) is 19.7. The Morgan fingerprint density at radius 1 is 1.40 bits per heavy atom. The van der Waals surface area contributed by atoms with Crippen LogP contribution in [0.1, 0.15) is 25.0 Å². The largest absolute Gasteiger partial charge is 0.379 e. The van der Waals surface area contributed by atoms with Crippen LogP contribution in [-0.2, 0) is 19.4 Å². The van der Waals surface area contributed by atoms with Crippen molar-refractivity contribution in [1.82, 2.24) is 19.7 Å². The first-order valence-electron chi connectivity index (χ1n) is 8.37. The van der Waals surface area contributed by atoms with Crippen LogP contribution in [0, 0.1) is 10.1 Å². The van der Waals surface area contributed by atoms with Crippen LogP contribution in [0.25, 0.3) is 10.9 Å². The monoisotopic (exact) mass is 338 g/mol. The Hall–Kier alpha value is -3.03. The molecule has 0 fully saturated rings. The Bertz CT molecular complexity index is 951. The minimum Gasteiger partial charge on any atom is -0.379 e. The van der Waals surface area contributed by atoms with E-state index >= 15 is 0 Å². The Kier molecular flexibility index (Phi) is 3.79. The van der Waals surface area contributed by atoms with E-state index in [1.54, 1.807) is 24.4 Å². The van der Waals surface area contributed by atoms with Gasteiger partial charge in [0.15, 0.2) is 5.82 Å². The van der Waals surface area contributed by atoms with Crippen LogP contribution in [0.15, 0.2) is 30.5 Å². The van der Waals surface area contributed by atoms with Crippen molar-refractivity contribution in [2.45, 2.75) is 38.8 Å². The molecule has 3 aromatic rings. The van der Waals surface area contributed by atoms with Crippen molar-refractivity contribution in [2.75, 3.05) is 5.32 Å². The second-order valence-corrected chi connectivity index (χ2v) is 6.15. The van der Waals surface area contributed by atoms with E-state index in [1.807, 2.05) is 11.6 Å². The Labute approximate surface area is 144 Å². The molecule has 1 aliphatic rings. The summed E-state index contributed by atoms with van der Waals surface area (Å²) in [7, 11) is 0. The van der Waals surface area contributed by atoms with E-state index in [9.17, 15) is 10.1 Å². The van der Waals surface area contributed by atoms with E-state index < -0.39 is 0 Å². The number of benzene rings is 1. The number of anilines is 1. The van der Waals surface area contributed by atoms with E-state index in [0.29, 0.717) is 10.9 Å². The van der Waals surface area contributed by atoms with Gasteiger partial charge in [0, 0.05) is 31.1 Å². The van der Waals surface area contributed by atoms with Gasteiger partial charge in [-0.25, -0.2) is 9.67 Å². The number of nitrogens with zero attached hydrogens (tertiary/aromatic N) is 5. The summed E-state index contributed by atoms with van der Waals surface area (Å²) in [6, 6.07) is 6.90. The summed E-state index contributed by atoms with van der Waals surface area (Å²) in [5.41, 5.74) is 1.50. The lowest BCUT2D eigenvalue weighted by atomic mass is 10.1. The summed E-state index contributed by atoms with van der Waals surface area (Å²) in [6.07, 6.45) is 4.28. The van der Waals surface area contributed by atoms with Crippen LogP contribution >= 0.6 is 0 Å². The average Bonchev–Trinajstić information content (AvgIpc) is 3.04. The molecule has 8 nitrogen and oxygen atoms in total. The molecule has 2 aromatic heterocycles. The predicted octanol–water partition coefficient (Wildman–Crippen LogP) is 2.72. The first kappa shape index (κ1) is 15.5. The van der Waals surface area contributed by atoms with Gasteiger partial charge in [-0.2, -0.15) is 5.10 Å². The molecule has 25 heavy (non-hydrogen) atoms. The van der Waals surface area contributed by atoms with Gasteiger partial charge in [0.05, 0.1) is 22.5 Å². The second kappa shape index (κ2) is 6.12. The first-order valence-corrected chi connectivity index (χ1v) is 8.37. The number of nitro benzene ring substituents is 1. The van der Waals surface area contributed by atoms with Gasteiger partial charge in [0.1, 0.15) is 11.3 Å². The average molecular weight is 338 g/mol. The fourth-order valence-electron chi connectivity index (χ4n) is 3.28. The van der Waals surface area contributed by atoms with Crippen molar-refractivity contribution in [3.8, 4) is 0 Å². The molecule has 0 spiro atoms. The van der Waals surface area contributed by atoms with Crippen molar-refractivity contribution in [3.05, 3.63) is 52.2 Å². The third-order valence-electron chi connectivity index (χ3n) is 4.52. The highest BCUT2D eigenvalue weighted by atomic mass is 16.6. The molecule has 1 unspecified atom stereocenters. The first-order chi connectivity index (χ1) is 12.2. The second-order valence-electron chi connectivity index (χ2n) is 6.15. The van der Waals surface area contributed by atoms with Crippen LogP contribution in [0.4, 0.5) is 11.4 Å². The fraction of sp³-hybridized carbons (Fsp3) is 0.353. The standard InChI is InChI=1S/C17H18N6O2/c1-2-15-20-16-8-5-11(10-22(16)21-15)19-13-6-7-14(23(24)25)12-4-3-9-18-17(12)13/h3-4,6-7,9,11,19H,2,5,8,10H2,1H3. The van der Waals surface area contributed by atoms with E-state index in [0.717, 1.165) is 43.1 Å². The summed E-state index contributed by atoms with van der Waals surface area (Å²) in [5.74, 6) is 1.90. The Morgan fingerprint density at radius 2 is 2.28 bits per heavy atom. The van der Waals surface area contributed by atoms with Crippen LogP contribution in [0.3, 0.4) is 0 Å². The molecule has 0 radical (unpaired) electrons. The highest BCUT2D eigenvalue weighted by Gasteiger charge is 2.23. The predicted molar refractivity (Wildman–Crippen MR) is 93.5 cm³/mol. The summed E-state index contributed by atoms with van der Waals surface area (Å²) in [5, 5.41) is 19.8. The van der Waals surface area contributed by atoms with Crippen molar-refractivity contribution >= 4 is 22.3 Å². The number of rotatable bonds is 4. The molecule has 0 aliphatic carbocycles. The number of pyridine rings is 1. The summed E-state index contributed by atoms with van der Waals surface area (Å²) >= 11 is 0. The number of fused-ring (bicyclic) bond motifs is 2. The molecule has 0 amide bonds. The number of nitro groups is 1. The molecular weight excluding hydrogens is 320 g/mol. The van der Waals surface area contributed by atoms with Gasteiger partial charge in [-0.3, -0.25) is 15.1 Å². The van der Waals surface area contributed by atoms with Crippen LogP contribution < -0.4 is 5.32 Å². The lowest BCUT2D eigenvalue weighted by Crippen LogP contribution is -2.32. The molecule has 4 rings (SSSR count). The third kappa shape index (κ3) is 2.79. The van der Waals surface area contributed by atoms with Gasteiger partial charge in [-0.15, -0.1) is 0 Å². The van der Waals surface area contributed by atoms with E-state index in [-0.39, 0.29) is 16.7 Å². The third-order valence-corrected chi connectivity index (χ3v) is 4.52. The van der Waals surface area contributed by atoms with E-state index in [1.165, 1.54) is 6.07 Å². The van der Waals surface area contributed by atoms with Crippen molar-refractivity contribution < 1.29 is 4.92 Å². The van der Waals surface area contributed by atoms with E-state index in [2.05, 4.69) is 20.4 Å². The quantitative estimate of drug-likeness (QED) is 0.580. The number of hydrogen-bond acceptors (Lipinski definition) is 6. The zero-order valence-corrected chi connectivity index (χ0v) is 13.8. The molecule has 3 heterocycles. The number of aromatic nitrogens is 4. The SMILES string of the molecule is CCc1nc2n(n1)CC(Nc1ccc([N+](=O)[O-])c3cccnc13)CC2. The highest BCUT2D eigenvalue weighted by Crippen LogP contribution is 2.31. The smallest absolute Gasteiger partial charge is 0.278 e. The molecule has 1 N–H and O–H groups in total. The summed E-state index contributed by atoms with van der Waals surface area (Å²) in [6.45, 7) is 2.78. The van der Waals surface area contributed by atoms with Gasteiger partial charge in [-0.05, 0) is 24.6 Å². The lowest BCUT2D eigenvalue weighted by molar-refractivity contribution is -0.383. The maximum absolute atomic E-state index is 11.2. The summed E-state index contributed by atoms with van der Waals surface area (Å²) < 4.78 is 1.96. The molecule has 0 bridgehead atoms. The zero-order chi connectivity index (χ0) is 17.4. The van der Waals surface area contributed by atoms with Gasteiger partial charge < -0.3 is 5.32 Å². The normalized spacial score (nSPS) is 16.6. The molecule has 0 saturated heterocycles. The zero-order valence-electron chi connectivity index (χ0n) is 13.8. The Balaban J connectivity index is 1.63. The van der Waals surface area contributed by atoms with E-state index in [4.69, 9.17) is 0 Å². The maximum atomic E-state index is 11.2. The number of nitrogens with one attached hydrogen (secondary N) is 1. The highest BCUT2D eigenvalue weighted by molar-refractivity contribution is 5.96. The lowest BCUT2D eigenvalue weighted by Gasteiger charge is -2.24. The minimum absolute atomic E-state index is 0.0726. The molecule has 1 aromatic carbocycles. The van der Waals surface area contributed by atoms with Crippen molar-refractivity contribution in [3.63, 3.8) is 0 Å². The maximum Gasteiger partial charge on any atom is 0.278 e. The van der Waals surface area contributed by atoms with Crippen LogP contribution in [0.2, 0.25) is 0 Å². The van der Waals surface area contributed by atoms with Crippen LogP contribution in [0.5, 0.6) is 0 Å². The molecule has 0 saturated carbocycles. The van der Waals surface area contributed by atoms with Crippen molar-refractivity contribution in [2.24, 2.45) is 0 Å². The van der Waals surface area contributed by atoms with Gasteiger partial charge >= 0.3 is 0 Å². The fourth-order valence-corrected chi connectivity index (χ4v) is 3.28. The number of non-ortho nitro benzene ring substituents is 1. The van der Waals surface area contributed by atoms with Gasteiger partial charge in [0.2, 0.25) is 0 Å². The molecular formula is C17H18N6O2. The van der Waals surface area contributed by atoms with Crippen LogP contribution in [-0.4, -0.2) is 30.7 Å². The molecule has 1 aliphatic heterocycles. The molecule has 8 heteroatoms. The molecule has 1 atom stereocenters. The minimum atomic E-state index is -0.373. The topological polar surface area (TPSA) is 98.8 Å². The Morgan fingerprint density at radius 3 is 3.08 bits per heavy atom. The molecule has 128 valence electrons.